The van der Waals surface area contributed by atoms with Gasteiger partial charge in [-0.05, 0) is 68.0 Å². The molecule has 1 aliphatic carbocycles. The Morgan fingerprint density at radius 3 is 2.85 bits per heavy atom. The number of carbonyl (C=O) groups excluding carboxylic acids is 1. The number of benzene rings is 1. The fourth-order valence-electron chi connectivity index (χ4n) is 3.65. The minimum atomic E-state index is -0.200. The minimum Gasteiger partial charge on any atom is -0.490 e. The maximum atomic E-state index is 11.5. The van der Waals surface area contributed by atoms with Crippen LogP contribution in [0.3, 0.4) is 0 Å². The molecule has 1 fully saturated rings. The molecule has 1 saturated carbocycles. The third-order valence-corrected chi connectivity index (χ3v) is 5.17. The molecule has 1 aliphatic rings. The highest BCUT2D eigenvalue weighted by molar-refractivity contribution is 5.80. The van der Waals surface area contributed by atoms with Gasteiger partial charge < -0.3 is 14.5 Å². The lowest BCUT2D eigenvalue weighted by molar-refractivity contribution is -0.140. The molecular formula is C22H24N2O3. The fraction of sp³-hybridized carbons (Fsp3) is 0.364. The van der Waals surface area contributed by atoms with E-state index < -0.39 is 0 Å². The van der Waals surface area contributed by atoms with Crippen molar-refractivity contribution in [3.05, 3.63) is 48.2 Å². The van der Waals surface area contributed by atoms with E-state index in [2.05, 4.69) is 17.1 Å². The highest BCUT2D eigenvalue weighted by Crippen LogP contribution is 2.34. The fourth-order valence-corrected chi connectivity index (χ4v) is 3.65. The van der Waals surface area contributed by atoms with Crippen LogP contribution in [0.5, 0.6) is 5.75 Å². The number of H-pyrrole nitrogens is 1. The number of ether oxygens (including phenoxy) is 2. The Hall–Kier alpha value is -2.82. The molecule has 0 unspecified atom stereocenters. The zero-order chi connectivity index (χ0) is 18.6. The molecule has 0 bridgehead atoms. The number of esters is 1. The van der Waals surface area contributed by atoms with E-state index in [0.717, 1.165) is 46.4 Å². The number of hydrogen-bond donors (Lipinski definition) is 1. The van der Waals surface area contributed by atoms with Gasteiger partial charge in [-0.3, -0.25) is 4.79 Å². The van der Waals surface area contributed by atoms with Gasteiger partial charge in [0.25, 0.3) is 0 Å². The van der Waals surface area contributed by atoms with Gasteiger partial charge in [-0.25, -0.2) is 4.98 Å². The second-order valence-electron chi connectivity index (χ2n) is 7.04. The predicted molar refractivity (Wildman–Crippen MR) is 105 cm³/mol. The number of pyridine rings is 1. The maximum Gasteiger partial charge on any atom is 0.305 e. The lowest BCUT2D eigenvalue weighted by Crippen LogP contribution is -2.12. The van der Waals surface area contributed by atoms with E-state index >= 15 is 0 Å². The smallest absolute Gasteiger partial charge is 0.305 e. The lowest BCUT2D eigenvalue weighted by atomic mass is 10.0. The maximum absolute atomic E-state index is 11.5. The topological polar surface area (TPSA) is 64.2 Å². The van der Waals surface area contributed by atoms with E-state index in [4.69, 9.17) is 14.5 Å². The van der Waals surface area contributed by atoms with Gasteiger partial charge in [0.05, 0.1) is 18.9 Å². The summed E-state index contributed by atoms with van der Waals surface area (Å²) < 4.78 is 11.1. The van der Waals surface area contributed by atoms with Crippen LogP contribution in [0.25, 0.3) is 22.3 Å². The molecule has 2 heterocycles. The predicted octanol–water partition coefficient (Wildman–Crippen LogP) is 4.66. The van der Waals surface area contributed by atoms with Crippen molar-refractivity contribution in [3.8, 4) is 17.0 Å². The Kier molecular flexibility index (Phi) is 5.10. The van der Waals surface area contributed by atoms with Gasteiger partial charge in [-0.1, -0.05) is 6.07 Å². The first-order valence-corrected chi connectivity index (χ1v) is 9.54. The molecule has 3 aromatic rings. The standard InChI is InChI=1S/C22H24N2O3/c1-26-21(25)11-7-15-6-10-20(27-17-4-2-3-5-17)18(14-15)19-9-8-16-12-13-23-22(16)24-19/h6,8-10,12-14,17H,2-5,7,11H2,1H3,(H,23,24). The highest BCUT2D eigenvalue weighted by atomic mass is 16.5. The summed E-state index contributed by atoms with van der Waals surface area (Å²) in [7, 11) is 1.42. The van der Waals surface area contributed by atoms with Crippen molar-refractivity contribution < 1.29 is 14.3 Å². The number of rotatable bonds is 6. The molecule has 2 aromatic heterocycles. The second kappa shape index (κ2) is 7.82. The van der Waals surface area contributed by atoms with Gasteiger partial charge in [0.15, 0.2) is 0 Å². The number of nitrogens with one attached hydrogen (secondary N) is 1. The monoisotopic (exact) mass is 364 g/mol. The van der Waals surface area contributed by atoms with Crippen LogP contribution in [0.2, 0.25) is 0 Å². The van der Waals surface area contributed by atoms with Crippen LogP contribution >= 0.6 is 0 Å². The Bertz CT molecular complexity index is 942. The molecule has 0 aliphatic heterocycles. The summed E-state index contributed by atoms with van der Waals surface area (Å²) in [5.74, 6) is 0.663. The van der Waals surface area contributed by atoms with Crippen molar-refractivity contribution in [2.45, 2.75) is 44.6 Å². The van der Waals surface area contributed by atoms with Gasteiger partial charge in [0.2, 0.25) is 0 Å². The molecule has 0 amide bonds. The Morgan fingerprint density at radius 1 is 1.19 bits per heavy atom. The zero-order valence-corrected chi connectivity index (χ0v) is 15.5. The van der Waals surface area contributed by atoms with Crippen LogP contribution in [0, 0.1) is 0 Å². The Morgan fingerprint density at radius 2 is 2.04 bits per heavy atom. The van der Waals surface area contributed by atoms with Crippen LogP contribution < -0.4 is 4.74 Å². The molecule has 27 heavy (non-hydrogen) atoms. The SMILES string of the molecule is COC(=O)CCc1ccc(OC2CCCC2)c(-c2ccc3cc[nH]c3n2)c1. The first-order valence-electron chi connectivity index (χ1n) is 9.54. The summed E-state index contributed by atoms with van der Waals surface area (Å²) in [6, 6.07) is 12.2. The Balaban J connectivity index is 1.68. The highest BCUT2D eigenvalue weighted by Gasteiger charge is 2.19. The second-order valence-corrected chi connectivity index (χ2v) is 7.04. The molecule has 140 valence electrons. The average Bonchev–Trinajstić information content (AvgIpc) is 3.37. The number of aromatic amines is 1. The third kappa shape index (κ3) is 3.97. The molecule has 0 spiro atoms. The first kappa shape index (κ1) is 17.6. The first-order chi connectivity index (χ1) is 13.2. The van der Waals surface area contributed by atoms with Crippen molar-refractivity contribution >= 4 is 17.0 Å². The van der Waals surface area contributed by atoms with Crippen molar-refractivity contribution in [3.63, 3.8) is 0 Å². The molecule has 1 aromatic carbocycles. The molecular weight excluding hydrogens is 340 g/mol. The van der Waals surface area contributed by atoms with Gasteiger partial charge in [0.1, 0.15) is 11.4 Å². The summed E-state index contributed by atoms with van der Waals surface area (Å²) in [4.78, 5) is 19.4. The van der Waals surface area contributed by atoms with Crippen LogP contribution in [-0.4, -0.2) is 29.2 Å². The van der Waals surface area contributed by atoms with E-state index in [1.165, 1.54) is 20.0 Å². The average molecular weight is 364 g/mol. The number of hydrogen-bond acceptors (Lipinski definition) is 4. The van der Waals surface area contributed by atoms with Crippen LogP contribution in [0.15, 0.2) is 42.6 Å². The number of fused-ring (bicyclic) bond motifs is 1. The number of aryl methyl sites for hydroxylation is 1. The zero-order valence-electron chi connectivity index (χ0n) is 15.5. The number of methoxy groups -OCH3 is 1. The molecule has 0 radical (unpaired) electrons. The largest absolute Gasteiger partial charge is 0.490 e. The van der Waals surface area contributed by atoms with Gasteiger partial charge in [-0.2, -0.15) is 0 Å². The van der Waals surface area contributed by atoms with Gasteiger partial charge >= 0.3 is 5.97 Å². The molecule has 0 atom stereocenters. The van der Waals surface area contributed by atoms with Crippen molar-refractivity contribution in [2.75, 3.05) is 7.11 Å². The summed E-state index contributed by atoms with van der Waals surface area (Å²) in [6.07, 6.45) is 7.83. The summed E-state index contributed by atoms with van der Waals surface area (Å²) >= 11 is 0. The summed E-state index contributed by atoms with van der Waals surface area (Å²) in [5, 5.41) is 1.08. The number of carbonyl (C=O) groups is 1. The molecule has 0 saturated heterocycles. The minimum absolute atomic E-state index is 0.200. The van der Waals surface area contributed by atoms with Crippen molar-refractivity contribution in [1.82, 2.24) is 9.97 Å². The van der Waals surface area contributed by atoms with Crippen molar-refractivity contribution in [2.24, 2.45) is 0 Å². The molecule has 4 rings (SSSR count). The normalized spacial score (nSPS) is 14.6. The number of nitrogens with zero attached hydrogens (tertiary/aromatic N) is 1. The third-order valence-electron chi connectivity index (χ3n) is 5.17. The van der Waals surface area contributed by atoms with E-state index in [1.54, 1.807) is 0 Å². The van der Waals surface area contributed by atoms with E-state index in [-0.39, 0.29) is 12.1 Å². The quantitative estimate of drug-likeness (QED) is 0.646. The van der Waals surface area contributed by atoms with Gasteiger partial charge in [0, 0.05) is 23.6 Å². The summed E-state index contributed by atoms with van der Waals surface area (Å²) in [6.45, 7) is 0. The molecule has 5 heteroatoms. The van der Waals surface area contributed by atoms with Gasteiger partial charge in [-0.15, -0.1) is 0 Å². The molecule has 5 nitrogen and oxygen atoms in total. The van der Waals surface area contributed by atoms with Crippen molar-refractivity contribution in [1.29, 1.82) is 0 Å². The van der Waals surface area contributed by atoms with E-state index in [1.807, 2.05) is 30.5 Å². The number of aromatic nitrogens is 2. The Labute approximate surface area is 158 Å². The van der Waals surface area contributed by atoms with E-state index in [9.17, 15) is 4.79 Å². The van der Waals surface area contributed by atoms with E-state index in [0.29, 0.717) is 12.8 Å². The lowest BCUT2D eigenvalue weighted by Gasteiger charge is -2.17. The molecule has 1 N–H and O–H groups in total. The van der Waals surface area contributed by atoms with Crippen LogP contribution in [-0.2, 0) is 16.0 Å². The van der Waals surface area contributed by atoms with Crippen LogP contribution in [0.1, 0.15) is 37.7 Å². The summed E-state index contributed by atoms with van der Waals surface area (Å²) in [5.41, 5.74) is 3.78. The van der Waals surface area contributed by atoms with Crippen LogP contribution in [0.4, 0.5) is 0 Å².